The molecule has 11 heavy (non-hydrogen) atoms. The maximum Gasteiger partial charge on any atom is 0.251 e. The Hall–Kier alpha value is -0.830. The summed E-state index contributed by atoms with van der Waals surface area (Å²) in [5.74, 6) is -0.0209. The third-order valence-corrected chi connectivity index (χ3v) is 1.48. The van der Waals surface area contributed by atoms with Gasteiger partial charge in [-0.05, 0) is 6.92 Å². The van der Waals surface area contributed by atoms with Crippen LogP contribution in [0.3, 0.4) is 0 Å². The van der Waals surface area contributed by atoms with Crippen LogP contribution in [0.5, 0.6) is 0 Å². The normalized spacial score (nSPS) is 12.3. The second kappa shape index (κ2) is 4.91. The maximum absolute atomic E-state index is 11.2. The summed E-state index contributed by atoms with van der Waals surface area (Å²) in [5, 5.41) is 0. The van der Waals surface area contributed by atoms with E-state index in [4.69, 9.17) is 4.74 Å². The average molecular weight is 157 g/mol. The van der Waals surface area contributed by atoms with E-state index in [1.165, 1.54) is 7.11 Å². The van der Waals surface area contributed by atoms with Crippen LogP contribution in [-0.2, 0) is 9.53 Å². The number of hydrogen-bond acceptors (Lipinski definition) is 2. The molecular formula is C8H15NO2. The van der Waals surface area contributed by atoms with Gasteiger partial charge in [-0.15, -0.1) is 6.58 Å². The zero-order valence-electron chi connectivity index (χ0n) is 7.33. The topological polar surface area (TPSA) is 29.5 Å². The molecule has 0 heterocycles. The monoisotopic (exact) mass is 157 g/mol. The van der Waals surface area contributed by atoms with Crippen molar-refractivity contribution in [1.29, 1.82) is 0 Å². The van der Waals surface area contributed by atoms with Gasteiger partial charge in [0.15, 0.2) is 0 Å². The molecule has 0 saturated carbocycles. The van der Waals surface area contributed by atoms with Gasteiger partial charge in [-0.3, -0.25) is 4.79 Å². The fourth-order valence-electron chi connectivity index (χ4n) is 0.695. The molecule has 1 atom stereocenters. The van der Waals surface area contributed by atoms with Crippen molar-refractivity contribution in [2.45, 2.75) is 13.0 Å². The zero-order valence-corrected chi connectivity index (χ0v) is 7.33. The minimum absolute atomic E-state index is 0.0209. The average Bonchev–Trinajstić information content (AvgIpc) is 2.02. The van der Waals surface area contributed by atoms with E-state index in [1.807, 2.05) is 0 Å². The Balaban J connectivity index is 3.90. The van der Waals surface area contributed by atoms with Crippen LogP contribution in [-0.4, -0.2) is 37.6 Å². The molecule has 0 bridgehead atoms. The fourth-order valence-corrected chi connectivity index (χ4v) is 0.695. The van der Waals surface area contributed by atoms with Crippen molar-refractivity contribution in [2.24, 2.45) is 0 Å². The third kappa shape index (κ3) is 3.18. The van der Waals surface area contributed by atoms with E-state index in [0.29, 0.717) is 6.54 Å². The molecule has 0 aromatic carbocycles. The highest BCUT2D eigenvalue weighted by atomic mass is 16.5. The second-order valence-electron chi connectivity index (χ2n) is 2.39. The molecule has 0 aliphatic rings. The SMILES string of the molecule is C=CCN(C)C(=O)C(C)OC. The summed E-state index contributed by atoms with van der Waals surface area (Å²) in [7, 11) is 3.24. The number of hydrogen-bond donors (Lipinski definition) is 0. The van der Waals surface area contributed by atoms with E-state index in [1.54, 1.807) is 24.9 Å². The van der Waals surface area contributed by atoms with Crippen LogP contribution in [0.15, 0.2) is 12.7 Å². The summed E-state index contributed by atoms with van der Waals surface area (Å²) in [4.78, 5) is 12.8. The summed E-state index contributed by atoms with van der Waals surface area (Å²) in [6.07, 6.45) is 1.32. The lowest BCUT2D eigenvalue weighted by Gasteiger charge is -2.18. The zero-order chi connectivity index (χ0) is 8.85. The first kappa shape index (κ1) is 10.2. The molecule has 3 nitrogen and oxygen atoms in total. The molecule has 0 N–H and O–H groups in total. The minimum atomic E-state index is -0.361. The molecule has 0 aromatic rings. The second-order valence-corrected chi connectivity index (χ2v) is 2.39. The van der Waals surface area contributed by atoms with E-state index in [9.17, 15) is 4.79 Å². The standard InChI is InChI=1S/C8H15NO2/c1-5-6-9(3)8(10)7(2)11-4/h5,7H,1,6H2,2-4H3. The number of nitrogens with zero attached hydrogens (tertiary/aromatic N) is 1. The number of rotatable bonds is 4. The number of methoxy groups -OCH3 is 1. The molecule has 0 aliphatic heterocycles. The Morgan fingerprint density at radius 2 is 2.36 bits per heavy atom. The smallest absolute Gasteiger partial charge is 0.251 e. The number of ether oxygens (including phenoxy) is 1. The lowest BCUT2D eigenvalue weighted by molar-refractivity contribution is -0.139. The Labute approximate surface area is 67.6 Å². The summed E-state index contributed by atoms with van der Waals surface area (Å²) in [6, 6.07) is 0. The highest BCUT2D eigenvalue weighted by molar-refractivity contribution is 5.80. The van der Waals surface area contributed by atoms with Gasteiger partial charge in [0, 0.05) is 20.7 Å². The van der Waals surface area contributed by atoms with Crippen LogP contribution in [0.25, 0.3) is 0 Å². The quantitative estimate of drug-likeness (QED) is 0.561. The van der Waals surface area contributed by atoms with Crippen molar-refractivity contribution < 1.29 is 9.53 Å². The van der Waals surface area contributed by atoms with Gasteiger partial charge in [-0.2, -0.15) is 0 Å². The number of amides is 1. The van der Waals surface area contributed by atoms with E-state index < -0.39 is 0 Å². The van der Waals surface area contributed by atoms with Crippen LogP contribution < -0.4 is 0 Å². The van der Waals surface area contributed by atoms with Crippen molar-refractivity contribution in [1.82, 2.24) is 4.90 Å². The highest BCUT2D eigenvalue weighted by Gasteiger charge is 2.14. The molecule has 0 rings (SSSR count). The van der Waals surface area contributed by atoms with Crippen molar-refractivity contribution in [3.8, 4) is 0 Å². The van der Waals surface area contributed by atoms with E-state index in [-0.39, 0.29) is 12.0 Å². The van der Waals surface area contributed by atoms with Gasteiger partial charge in [-0.25, -0.2) is 0 Å². The molecule has 0 radical (unpaired) electrons. The molecule has 3 heteroatoms. The van der Waals surface area contributed by atoms with Gasteiger partial charge in [0.25, 0.3) is 5.91 Å². The molecule has 0 spiro atoms. The van der Waals surface area contributed by atoms with Crippen LogP contribution in [0.4, 0.5) is 0 Å². The van der Waals surface area contributed by atoms with Gasteiger partial charge in [0.1, 0.15) is 6.10 Å². The van der Waals surface area contributed by atoms with Crippen LogP contribution >= 0.6 is 0 Å². The minimum Gasteiger partial charge on any atom is -0.372 e. The predicted molar refractivity (Wildman–Crippen MR) is 44.3 cm³/mol. The van der Waals surface area contributed by atoms with Gasteiger partial charge >= 0.3 is 0 Å². The molecular weight excluding hydrogens is 142 g/mol. The molecule has 64 valence electrons. The van der Waals surface area contributed by atoms with E-state index in [0.717, 1.165) is 0 Å². The first-order valence-corrected chi connectivity index (χ1v) is 3.52. The van der Waals surface area contributed by atoms with E-state index >= 15 is 0 Å². The molecule has 0 fully saturated rings. The number of carbonyl (C=O) groups excluding carboxylic acids is 1. The Kier molecular flexibility index (Phi) is 4.54. The fraction of sp³-hybridized carbons (Fsp3) is 0.625. The summed E-state index contributed by atoms with van der Waals surface area (Å²) >= 11 is 0. The van der Waals surface area contributed by atoms with Gasteiger partial charge in [-0.1, -0.05) is 6.08 Å². The van der Waals surface area contributed by atoms with E-state index in [2.05, 4.69) is 6.58 Å². The van der Waals surface area contributed by atoms with Crippen LogP contribution in [0, 0.1) is 0 Å². The highest BCUT2D eigenvalue weighted by Crippen LogP contribution is 1.94. The van der Waals surface area contributed by atoms with Gasteiger partial charge < -0.3 is 9.64 Å². The number of carbonyl (C=O) groups is 1. The lowest BCUT2D eigenvalue weighted by atomic mass is 10.3. The van der Waals surface area contributed by atoms with Crippen molar-refractivity contribution in [3.63, 3.8) is 0 Å². The van der Waals surface area contributed by atoms with Crippen LogP contribution in [0.2, 0.25) is 0 Å². The number of likely N-dealkylation sites (N-methyl/N-ethyl adjacent to an activating group) is 1. The summed E-state index contributed by atoms with van der Waals surface area (Å²) in [6.45, 7) is 5.82. The first-order valence-electron chi connectivity index (χ1n) is 3.52. The van der Waals surface area contributed by atoms with Gasteiger partial charge in [0.2, 0.25) is 0 Å². The Morgan fingerprint density at radius 3 is 2.73 bits per heavy atom. The molecule has 0 saturated heterocycles. The predicted octanol–water partition coefficient (Wildman–Crippen LogP) is 0.666. The molecule has 0 aliphatic carbocycles. The Morgan fingerprint density at radius 1 is 1.82 bits per heavy atom. The summed E-state index contributed by atoms with van der Waals surface area (Å²) < 4.78 is 4.85. The largest absolute Gasteiger partial charge is 0.372 e. The van der Waals surface area contributed by atoms with Gasteiger partial charge in [0.05, 0.1) is 0 Å². The lowest BCUT2D eigenvalue weighted by Crippen LogP contribution is -2.35. The van der Waals surface area contributed by atoms with Crippen molar-refractivity contribution in [2.75, 3.05) is 20.7 Å². The maximum atomic E-state index is 11.2. The van der Waals surface area contributed by atoms with Crippen LogP contribution in [0.1, 0.15) is 6.92 Å². The van der Waals surface area contributed by atoms with Crippen molar-refractivity contribution >= 4 is 5.91 Å². The first-order chi connectivity index (χ1) is 5.13. The molecule has 0 aromatic heterocycles. The van der Waals surface area contributed by atoms with Crippen molar-refractivity contribution in [3.05, 3.63) is 12.7 Å². The molecule has 1 unspecified atom stereocenters. The molecule has 1 amide bonds. The third-order valence-electron chi connectivity index (χ3n) is 1.48. The Bertz CT molecular complexity index is 145. The summed E-state index contributed by atoms with van der Waals surface area (Å²) in [5.41, 5.74) is 0.